The molecule has 1 N–H and O–H groups in total. The summed E-state index contributed by atoms with van der Waals surface area (Å²) in [7, 11) is 0. The van der Waals surface area contributed by atoms with Crippen molar-refractivity contribution in [1.29, 1.82) is 0 Å². The first kappa shape index (κ1) is 58.0. The topological polar surface area (TPSA) is 112 Å². The fourth-order valence-electron chi connectivity index (χ4n) is 7.60. The molecule has 1 aromatic rings. The zero-order chi connectivity index (χ0) is 46.0. The van der Waals surface area contributed by atoms with E-state index in [0.29, 0.717) is 44.6 Å². The van der Waals surface area contributed by atoms with Crippen molar-refractivity contribution in [3.63, 3.8) is 0 Å². The summed E-state index contributed by atoms with van der Waals surface area (Å²) in [4.78, 5) is 40.8. The number of nitrogens with zero attached hydrogens (tertiary/aromatic N) is 1. The van der Waals surface area contributed by atoms with Crippen LogP contribution in [0.5, 0.6) is 0 Å². The summed E-state index contributed by atoms with van der Waals surface area (Å²) in [5.74, 6) is -2.07. The summed E-state index contributed by atoms with van der Waals surface area (Å²) in [5.41, 5.74) is 1.86. The highest BCUT2D eigenvalue weighted by atomic mass is 16.7. The van der Waals surface area contributed by atoms with Gasteiger partial charge >= 0.3 is 17.9 Å². The van der Waals surface area contributed by atoms with E-state index < -0.39 is 18.2 Å². The van der Waals surface area contributed by atoms with Gasteiger partial charge in [-0.2, -0.15) is 0 Å². The third kappa shape index (κ3) is 33.2. The second kappa shape index (κ2) is 41.7. The average Bonchev–Trinajstić information content (AvgIpc) is 3.28. The van der Waals surface area contributed by atoms with Crippen LogP contribution in [0.15, 0.2) is 42.5 Å². The fourth-order valence-corrected chi connectivity index (χ4v) is 7.60. The van der Waals surface area contributed by atoms with E-state index in [4.69, 9.17) is 18.9 Å². The molecular formula is C54H93NO8. The number of carboxylic acids is 1. The van der Waals surface area contributed by atoms with E-state index >= 15 is 0 Å². The molecule has 0 aliphatic heterocycles. The molecule has 362 valence electrons. The maximum absolute atomic E-state index is 13.2. The van der Waals surface area contributed by atoms with Crippen LogP contribution in [-0.2, 0) is 41.5 Å². The summed E-state index contributed by atoms with van der Waals surface area (Å²) in [6.07, 6.45) is 36.0. The molecule has 0 saturated carbocycles. The predicted molar refractivity (Wildman–Crippen MR) is 260 cm³/mol. The van der Waals surface area contributed by atoms with Crippen molar-refractivity contribution in [2.75, 3.05) is 39.5 Å². The number of unbranched alkanes of at least 4 members (excludes halogenated alkanes) is 18. The van der Waals surface area contributed by atoms with Gasteiger partial charge in [-0.3, -0.25) is 14.5 Å². The van der Waals surface area contributed by atoms with Crippen molar-refractivity contribution >= 4 is 17.9 Å². The van der Waals surface area contributed by atoms with Crippen molar-refractivity contribution in [2.24, 2.45) is 5.92 Å². The van der Waals surface area contributed by atoms with Crippen LogP contribution in [0, 0.1) is 5.92 Å². The molecule has 0 saturated heterocycles. The van der Waals surface area contributed by atoms with E-state index in [0.717, 1.165) is 89.3 Å². The van der Waals surface area contributed by atoms with Gasteiger partial charge in [-0.1, -0.05) is 167 Å². The Morgan fingerprint density at radius 1 is 0.603 bits per heavy atom. The number of hydrogen-bond acceptors (Lipinski definition) is 8. The molecule has 0 bridgehead atoms. The average molecular weight is 884 g/mol. The van der Waals surface area contributed by atoms with E-state index in [-0.39, 0.29) is 37.1 Å². The van der Waals surface area contributed by atoms with Crippen LogP contribution < -0.4 is 0 Å². The molecule has 9 nitrogen and oxygen atoms in total. The molecule has 1 atom stereocenters. The normalized spacial score (nSPS) is 12.3. The SMILES string of the molecule is CCCCC/C=C\C/C=C\CCCCCCCC(=O)OCC(COC(=O)CCC(OCCCCCCCC)OCCCCCCCC)Cc1cc(CN(CC)CC)ccc1C(=O)O. The summed E-state index contributed by atoms with van der Waals surface area (Å²) < 4.78 is 23.9. The number of carboxylic acid groups (broad SMARTS) is 1. The lowest BCUT2D eigenvalue weighted by molar-refractivity contribution is -0.161. The molecule has 0 aliphatic rings. The Labute approximate surface area is 385 Å². The van der Waals surface area contributed by atoms with Crippen LogP contribution >= 0.6 is 0 Å². The predicted octanol–water partition coefficient (Wildman–Crippen LogP) is 14.1. The minimum Gasteiger partial charge on any atom is -0.478 e. The van der Waals surface area contributed by atoms with E-state index in [1.54, 1.807) is 6.07 Å². The van der Waals surface area contributed by atoms with Crippen LogP contribution in [-0.4, -0.2) is 73.7 Å². The molecule has 0 aliphatic carbocycles. The molecule has 9 heteroatoms. The smallest absolute Gasteiger partial charge is 0.335 e. The van der Waals surface area contributed by atoms with Crippen molar-refractivity contribution in [3.05, 3.63) is 59.2 Å². The minimum absolute atomic E-state index is 0.0110. The van der Waals surface area contributed by atoms with E-state index in [9.17, 15) is 19.5 Å². The lowest BCUT2D eigenvalue weighted by Gasteiger charge is -2.21. The number of hydrogen-bond donors (Lipinski definition) is 1. The number of ether oxygens (including phenoxy) is 4. The summed E-state index contributed by atoms with van der Waals surface area (Å²) in [6, 6.07) is 5.46. The van der Waals surface area contributed by atoms with Crippen molar-refractivity contribution in [2.45, 2.75) is 221 Å². The van der Waals surface area contributed by atoms with Crippen molar-refractivity contribution < 1.29 is 38.4 Å². The van der Waals surface area contributed by atoms with Gasteiger partial charge in [-0.25, -0.2) is 4.79 Å². The second-order valence-corrected chi connectivity index (χ2v) is 17.4. The van der Waals surface area contributed by atoms with Gasteiger partial charge in [0.1, 0.15) is 0 Å². The van der Waals surface area contributed by atoms with Crippen LogP contribution in [0.25, 0.3) is 0 Å². The first-order valence-electron chi connectivity index (χ1n) is 25.7. The zero-order valence-corrected chi connectivity index (χ0v) is 41.0. The second-order valence-electron chi connectivity index (χ2n) is 17.4. The van der Waals surface area contributed by atoms with Crippen LogP contribution in [0.3, 0.4) is 0 Å². The number of allylic oxidation sites excluding steroid dienone is 4. The summed E-state index contributed by atoms with van der Waals surface area (Å²) in [6.45, 7) is 14.6. The zero-order valence-electron chi connectivity index (χ0n) is 41.0. The van der Waals surface area contributed by atoms with Crippen molar-refractivity contribution in [3.8, 4) is 0 Å². The fraction of sp³-hybridized carbons (Fsp3) is 0.759. The van der Waals surface area contributed by atoms with E-state index in [2.05, 4.69) is 63.8 Å². The minimum atomic E-state index is -1.01. The Morgan fingerprint density at radius 2 is 1.10 bits per heavy atom. The third-order valence-electron chi connectivity index (χ3n) is 11.7. The largest absolute Gasteiger partial charge is 0.478 e. The van der Waals surface area contributed by atoms with Crippen molar-refractivity contribution in [1.82, 2.24) is 4.90 Å². The Morgan fingerprint density at radius 3 is 1.65 bits per heavy atom. The molecule has 1 aromatic carbocycles. The van der Waals surface area contributed by atoms with Gasteiger partial charge in [-0.05, 0) is 88.1 Å². The molecule has 0 amide bonds. The molecule has 0 radical (unpaired) electrons. The van der Waals surface area contributed by atoms with Gasteiger partial charge in [0.25, 0.3) is 0 Å². The van der Waals surface area contributed by atoms with Gasteiger partial charge in [0.05, 0.1) is 25.2 Å². The lowest BCUT2D eigenvalue weighted by atomic mass is 9.94. The monoisotopic (exact) mass is 884 g/mol. The van der Waals surface area contributed by atoms with Crippen LogP contribution in [0.1, 0.15) is 223 Å². The van der Waals surface area contributed by atoms with Gasteiger partial charge < -0.3 is 24.1 Å². The standard InChI is InChI=1S/C54H93NO8/c1-6-11-14-17-20-21-22-23-24-25-26-27-28-29-32-35-51(56)62-45-48(43-49-42-47(44-55(9-4)10-5)36-37-50(49)54(58)59)46-63-52(57)38-39-53(60-40-33-30-18-15-12-7-2)61-41-34-31-19-16-13-8-3/h20-21,23-24,36-37,42,48,53H,6-19,22,25-35,38-41,43-46H2,1-5H3,(H,58,59)/b21-20-,24-23-. The molecule has 1 rings (SSSR count). The first-order valence-corrected chi connectivity index (χ1v) is 25.7. The molecule has 0 fully saturated rings. The van der Waals surface area contributed by atoms with E-state index in [1.807, 2.05) is 12.1 Å². The maximum Gasteiger partial charge on any atom is 0.335 e. The highest BCUT2D eigenvalue weighted by Gasteiger charge is 2.21. The Kier molecular flexibility index (Phi) is 38.4. The van der Waals surface area contributed by atoms with Gasteiger partial charge in [0.15, 0.2) is 6.29 Å². The summed E-state index contributed by atoms with van der Waals surface area (Å²) in [5, 5.41) is 10.1. The molecule has 0 spiro atoms. The number of carbonyl (C=O) groups is 3. The number of rotatable bonds is 44. The highest BCUT2D eigenvalue weighted by Crippen LogP contribution is 2.21. The number of benzene rings is 1. The Balaban J connectivity index is 2.80. The van der Waals surface area contributed by atoms with Gasteiger partial charge in [-0.15, -0.1) is 0 Å². The maximum atomic E-state index is 13.2. The van der Waals surface area contributed by atoms with Gasteiger partial charge in [0.2, 0.25) is 0 Å². The van der Waals surface area contributed by atoms with E-state index in [1.165, 1.54) is 77.0 Å². The van der Waals surface area contributed by atoms with Crippen LogP contribution in [0.4, 0.5) is 0 Å². The Bertz CT molecular complexity index is 1310. The van der Waals surface area contributed by atoms with Crippen LogP contribution in [0.2, 0.25) is 0 Å². The number of carbonyl (C=O) groups excluding carboxylic acids is 2. The molecule has 0 heterocycles. The molecule has 1 unspecified atom stereocenters. The highest BCUT2D eigenvalue weighted by molar-refractivity contribution is 5.89. The molecule has 63 heavy (non-hydrogen) atoms. The quantitative estimate of drug-likeness (QED) is 0.0296. The molecule has 0 aromatic heterocycles. The third-order valence-corrected chi connectivity index (χ3v) is 11.7. The first-order chi connectivity index (χ1) is 30.8. The number of aromatic carboxylic acids is 1. The Hall–Kier alpha value is -3.01. The molecular weight excluding hydrogens is 791 g/mol. The lowest BCUT2D eigenvalue weighted by Crippen LogP contribution is -2.25. The summed E-state index contributed by atoms with van der Waals surface area (Å²) >= 11 is 0. The number of esters is 2. The van der Waals surface area contributed by atoms with Gasteiger partial charge in [0, 0.05) is 38.5 Å².